The van der Waals surface area contributed by atoms with Gasteiger partial charge in [-0.05, 0) is 42.7 Å². The lowest BCUT2D eigenvalue weighted by Crippen LogP contribution is -2.33. The van der Waals surface area contributed by atoms with Crippen LogP contribution < -0.4 is 0 Å². The van der Waals surface area contributed by atoms with Crippen LogP contribution in [-0.2, 0) is 9.47 Å². The van der Waals surface area contributed by atoms with Gasteiger partial charge >= 0.3 is 0 Å². The van der Waals surface area contributed by atoms with Crippen LogP contribution in [0.1, 0.15) is 55.8 Å². The molecule has 0 aromatic heterocycles. The number of ether oxygens (including phenoxy) is 2. The highest BCUT2D eigenvalue weighted by atomic mass is 16.5. The first kappa shape index (κ1) is 14.1. The molecule has 0 saturated carbocycles. The second kappa shape index (κ2) is 6.25. The normalized spacial score (nSPS) is 33.7. The minimum absolute atomic E-state index is 0.106. The zero-order valence-corrected chi connectivity index (χ0v) is 12.1. The number of rotatable bonds is 3. The molecule has 1 aliphatic heterocycles. The van der Waals surface area contributed by atoms with Crippen molar-refractivity contribution in [2.45, 2.75) is 56.8 Å². The highest BCUT2D eigenvalue weighted by molar-refractivity contribution is 5.35. The van der Waals surface area contributed by atoms with Gasteiger partial charge < -0.3 is 14.6 Å². The molecule has 4 atom stereocenters. The van der Waals surface area contributed by atoms with Crippen molar-refractivity contribution >= 4 is 0 Å². The van der Waals surface area contributed by atoms with E-state index < -0.39 is 6.10 Å². The Hall–Kier alpha value is -0.900. The Kier molecular flexibility index (Phi) is 4.39. The van der Waals surface area contributed by atoms with Gasteiger partial charge in [-0.2, -0.15) is 0 Å². The van der Waals surface area contributed by atoms with E-state index in [9.17, 15) is 5.11 Å². The molecule has 3 rings (SSSR count). The summed E-state index contributed by atoms with van der Waals surface area (Å²) in [5, 5.41) is 10.5. The highest BCUT2D eigenvalue weighted by Crippen LogP contribution is 2.38. The predicted octanol–water partition coefficient (Wildman–Crippen LogP) is 3.18. The molecule has 20 heavy (non-hydrogen) atoms. The molecular weight excluding hydrogens is 252 g/mol. The van der Waals surface area contributed by atoms with Crippen molar-refractivity contribution in [3.63, 3.8) is 0 Å². The second-order valence-corrected chi connectivity index (χ2v) is 6.07. The Morgan fingerprint density at radius 2 is 2.05 bits per heavy atom. The average molecular weight is 276 g/mol. The predicted molar refractivity (Wildman–Crippen MR) is 77.8 cm³/mol. The van der Waals surface area contributed by atoms with E-state index in [1.165, 1.54) is 12.0 Å². The van der Waals surface area contributed by atoms with Crippen LogP contribution in [0.5, 0.6) is 0 Å². The lowest BCUT2D eigenvalue weighted by Gasteiger charge is -2.35. The van der Waals surface area contributed by atoms with Gasteiger partial charge in [0.15, 0.2) is 0 Å². The third-order valence-electron chi connectivity index (χ3n) is 4.55. The molecule has 1 aromatic carbocycles. The molecule has 3 nitrogen and oxygen atoms in total. The van der Waals surface area contributed by atoms with E-state index in [0.29, 0.717) is 12.5 Å². The van der Waals surface area contributed by atoms with Crippen molar-refractivity contribution in [3.05, 3.63) is 35.4 Å². The number of aliphatic hydroxyl groups excluding tert-OH is 1. The van der Waals surface area contributed by atoms with Gasteiger partial charge in [-0.15, -0.1) is 0 Å². The van der Waals surface area contributed by atoms with Gasteiger partial charge in [0.1, 0.15) is 6.10 Å². The van der Waals surface area contributed by atoms with Crippen molar-refractivity contribution in [1.82, 2.24) is 0 Å². The summed E-state index contributed by atoms with van der Waals surface area (Å²) in [6.45, 7) is 3.66. The summed E-state index contributed by atoms with van der Waals surface area (Å²) < 4.78 is 11.7. The molecule has 0 amide bonds. The van der Waals surface area contributed by atoms with Crippen LogP contribution in [0, 0.1) is 0 Å². The molecule has 110 valence electrons. The molecule has 2 aliphatic rings. The first-order valence-electron chi connectivity index (χ1n) is 7.76. The highest BCUT2D eigenvalue weighted by Gasteiger charge is 2.32. The zero-order chi connectivity index (χ0) is 13.9. The van der Waals surface area contributed by atoms with Gasteiger partial charge in [0.2, 0.25) is 0 Å². The Balaban J connectivity index is 1.63. The Labute approximate surface area is 120 Å². The Bertz CT molecular complexity index is 440. The molecule has 1 aromatic rings. The van der Waals surface area contributed by atoms with Gasteiger partial charge in [0.05, 0.1) is 18.8 Å². The van der Waals surface area contributed by atoms with Gasteiger partial charge in [0.25, 0.3) is 0 Å². The third-order valence-corrected chi connectivity index (χ3v) is 4.55. The Morgan fingerprint density at radius 1 is 1.25 bits per heavy atom. The first-order valence-corrected chi connectivity index (χ1v) is 7.76. The summed E-state index contributed by atoms with van der Waals surface area (Å²) in [6, 6.07) is 8.16. The van der Waals surface area contributed by atoms with E-state index in [0.717, 1.165) is 31.4 Å². The molecule has 1 N–H and O–H groups in total. The van der Waals surface area contributed by atoms with Crippen molar-refractivity contribution in [2.75, 3.05) is 13.2 Å². The molecule has 1 aliphatic carbocycles. The summed E-state index contributed by atoms with van der Waals surface area (Å²) in [7, 11) is 0. The topological polar surface area (TPSA) is 38.7 Å². The number of benzene rings is 1. The van der Waals surface area contributed by atoms with E-state index in [4.69, 9.17) is 9.47 Å². The van der Waals surface area contributed by atoms with Crippen LogP contribution in [0.25, 0.3) is 0 Å². The molecule has 1 saturated heterocycles. The molecule has 1 fully saturated rings. The van der Waals surface area contributed by atoms with Gasteiger partial charge in [-0.1, -0.05) is 31.2 Å². The van der Waals surface area contributed by atoms with E-state index in [1.807, 2.05) is 18.2 Å². The maximum atomic E-state index is 10.5. The second-order valence-electron chi connectivity index (χ2n) is 6.07. The smallest absolute Gasteiger partial charge is 0.105 e. The largest absolute Gasteiger partial charge is 0.386 e. The standard InChI is InChI=1S/C17H24O3/c1-12-10-16(20-11-13-6-4-5-9-19-13)17(18)15-8-3-2-7-14(12)15/h2-3,7-8,12-13,16-18H,4-6,9-11H2,1H3. The molecular formula is C17H24O3. The monoisotopic (exact) mass is 276 g/mol. The number of hydrogen-bond donors (Lipinski definition) is 1. The van der Waals surface area contributed by atoms with Gasteiger partial charge in [-0.3, -0.25) is 0 Å². The van der Waals surface area contributed by atoms with E-state index in [1.54, 1.807) is 0 Å². The molecule has 0 radical (unpaired) electrons. The van der Waals surface area contributed by atoms with Crippen molar-refractivity contribution in [1.29, 1.82) is 0 Å². The maximum Gasteiger partial charge on any atom is 0.105 e. The summed E-state index contributed by atoms with van der Waals surface area (Å²) in [6.07, 6.45) is 3.94. The number of hydrogen-bond acceptors (Lipinski definition) is 3. The van der Waals surface area contributed by atoms with Crippen LogP contribution in [0.4, 0.5) is 0 Å². The SMILES string of the molecule is CC1CC(OCC2CCCCO2)C(O)c2ccccc21. The number of aliphatic hydroxyl groups is 1. The van der Waals surface area contributed by atoms with Gasteiger partial charge in [-0.25, -0.2) is 0 Å². The summed E-state index contributed by atoms with van der Waals surface area (Å²) >= 11 is 0. The zero-order valence-electron chi connectivity index (χ0n) is 12.1. The maximum absolute atomic E-state index is 10.5. The van der Waals surface area contributed by atoms with E-state index in [2.05, 4.69) is 13.0 Å². The van der Waals surface area contributed by atoms with E-state index in [-0.39, 0.29) is 12.2 Å². The Morgan fingerprint density at radius 3 is 2.80 bits per heavy atom. The summed E-state index contributed by atoms with van der Waals surface area (Å²) in [5.74, 6) is 0.437. The number of fused-ring (bicyclic) bond motifs is 1. The molecule has 0 bridgehead atoms. The van der Waals surface area contributed by atoms with Crippen molar-refractivity contribution in [3.8, 4) is 0 Å². The molecule has 3 heteroatoms. The minimum atomic E-state index is -0.508. The minimum Gasteiger partial charge on any atom is -0.386 e. The summed E-state index contributed by atoms with van der Waals surface area (Å²) in [5.41, 5.74) is 2.29. The molecule has 1 heterocycles. The lowest BCUT2D eigenvalue weighted by atomic mass is 9.80. The lowest BCUT2D eigenvalue weighted by molar-refractivity contribution is -0.102. The third kappa shape index (κ3) is 2.90. The van der Waals surface area contributed by atoms with Crippen LogP contribution in [0.2, 0.25) is 0 Å². The molecule has 4 unspecified atom stereocenters. The fourth-order valence-electron chi connectivity index (χ4n) is 3.36. The quantitative estimate of drug-likeness (QED) is 0.921. The average Bonchev–Trinajstić information content (AvgIpc) is 2.50. The van der Waals surface area contributed by atoms with Crippen molar-refractivity contribution < 1.29 is 14.6 Å². The van der Waals surface area contributed by atoms with Crippen LogP contribution in [-0.4, -0.2) is 30.5 Å². The van der Waals surface area contributed by atoms with Crippen LogP contribution in [0.15, 0.2) is 24.3 Å². The summed E-state index contributed by atoms with van der Waals surface area (Å²) in [4.78, 5) is 0. The van der Waals surface area contributed by atoms with Crippen LogP contribution in [0.3, 0.4) is 0 Å². The fraction of sp³-hybridized carbons (Fsp3) is 0.647. The van der Waals surface area contributed by atoms with E-state index >= 15 is 0 Å². The van der Waals surface area contributed by atoms with Gasteiger partial charge in [0, 0.05) is 6.61 Å². The fourth-order valence-corrected chi connectivity index (χ4v) is 3.36. The van der Waals surface area contributed by atoms with Crippen LogP contribution >= 0.6 is 0 Å². The van der Waals surface area contributed by atoms with Crippen molar-refractivity contribution in [2.24, 2.45) is 0 Å². The molecule has 0 spiro atoms. The first-order chi connectivity index (χ1) is 9.75.